The SMILES string of the molecule is O=C1N=Cc2cc(OCCCCN3CCN(c4cccc(Cl)c4C(F)(F)F)CC3)ccc21. The number of hydrogen-bond donors (Lipinski definition) is 0. The molecule has 170 valence electrons. The molecule has 2 aromatic rings. The maximum atomic E-state index is 13.4. The minimum Gasteiger partial charge on any atom is -0.494 e. The molecular formula is C23H23ClF3N3O2. The Morgan fingerprint density at radius 1 is 1.06 bits per heavy atom. The van der Waals surface area contributed by atoms with Gasteiger partial charge in [0, 0.05) is 38.0 Å². The second-order valence-corrected chi connectivity index (χ2v) is 8.24. The van der Waals surface area contributed by atoms with Gasteiger partial charge in [-0.15, -0.1) is 0 Å². The second kappa shape index (κ2) is 9.50. The van der Waals surface area contributed by atoms with Gasteiger partial charge in [0.2, 0.25) is 0 Å². The Morgan fingerprint density at radius 3 is 2.59 bits per heavy atom. The fourth-order valence-corrected chi connectivity index (χ4v) is 4.30. The monoisotopic (exact) mass is 465 g/mol. The summed E-state index contributed by atoms with van der Waals surface area (Å²) in [6.07, 6.45) is -1.15. The number of ether oxygens (including phenoxy) is 1. The summed E-state index contributed by atoms with van der Waals surface area (Å²) in [5, 5.41) is -0.264. The predicted octanol–water partition coefficient (Wildman–Crippen LogP) is 4.91. The molecular weight excluding hydrogens is 443 g/mol. The van der Waals surface area contributed by atoms with E-state index in [9.17, 15) is 18.0 Å². The molecule has 2 heterocycles. The van der Waals surface area contributed by atoms with Crippen molar-refractivity contribution in [1.82, 2.24) is 4.90 Å². The average molecular weight is 466 g/mol. The predicted molar refractivity (Wildman–Crippen MR) is 118 cm³/mol. The molecule has 9 heteroatoms. The largest absolute Gasteiger partial charge is 0.494 e. The van der Waals surface area contributed by atoms with Crippen molar-refractivity contribution in [2.75, 3.05) is 44.2 Å². The maximum absolute atomic E-state index is 13.4. The van der Waals surface area contributed by atoms with E-state index in [1.807, 2.05) is 6.07 Å². The lowest BCUT2D eigenvalue weighted by atomic mass is 10.1. The van der Waals surface area contributed by atoms with Crippen molar-refractivity contribution in [3.05, 3.63) is 58.1 Å². The van der Waals surface area contributed by atoms with Gasteiger partial charge in [-0.25, -0.2) is 4.99 Å². The smallest absolute Gasteiger partial charge is 0.419 e. The first kappa shape index (κ1) is 22.6. The van der Waals surface area contributed by atoms with Gasteiger partial charge in [-0.1, -0.05) is 17.7 Å². The number of anilines is 1. The molecule has 1 saturated heterocycles. The lowest BCUT2D eigenvalue weighted by Crippen LogP contribution is -2.47. The van der Waals surface area contributed by atoms with Gasteiger partial charge >= 0.3 is 6.18 Å². The third-order valence-electron chi connectivity index (χ3n) is 5.70. The van der Waals surface area contributed by atoms with Crippen LogP contribution < -0.4 is 9.64 Å². The van der Waals surface area contributed by atoms with Crippen molar-refractivity contribution in [3.8, 4) is 5.75 Å². The molecule has 0 unspecified atom stereocenters. The van der Waals surface area contributed by atoms with E-state index in [2.05, 4.69) is 9.89 Å². The third-order valence-corrected chi connectivity index (χ3v) is 6.01. The topological polar surface area (TPSA) is 45.1 Å². The van der Waals surface area contributed by atoms with Crippen LogP contribution >= 0.6 is 11.6 Å². The summed E-state index contributed by atoms with van der Waals surface area (Å²) in [5.41, 5.74) is 0.768. The number of hydrogen-bond acceptors (Lipinski definition) is 4. The van der Waals surface area contributed by atoms with Gasteiger partial charge in [-0.05, 0) is 49.7 Å². The highest BCUT2D eigenvalue weighted by molar-refractivity contribution is 6.31. The normalized spacial score (nSPS) is 16.5. The summed E-state index contributed by atoms with van der Waals surface area (Å²) < 4.78 is 46.1. The van der Waals surface area contributed by atoms with Crippen molar-refractivity contribution in [1.29, 1.82) is 0 Å². The standard InChI is InChI=1S/C23H23ClF3N3O2/c24-19-4-3-5-20(21(19)23(25,26)27)30-11-9-29(10-12-30)8-1-2-13-32-17-6-7-18-16(14-17)15-28-22(18)31/h3-7,14-15H,1-2,8-13H2. The van der Waals surface area contributed by atoms with Gasteiger partial charge in [0.25, 0.3) is 5.91 Å². The Bertz CT molecular complexity index is 1020. The van der Waals surface area contributed by atoms with Crippen molar-refractivity contribution >= 4 is 29.4 Å². The minimum atomic E-state index is -4.48. The highest BCUT2D eigenvalue weighted by Gasteiger charge is 2.37. The highest BCUT2D eigenvalue weighted by atomic mass is 35.5. The van der Waals surface area contributed by atoms with Gasteiger partial charge in [0.15, 0.2) is 0 Å². The van der Waals surface area contributed by atoms with E-state index in [0.29, 0.717) is 44.1 Å². The second-order valence-electron chi connectivity index (χ2n) is 7.83. The van der Waals surface area contributed by atoms with Gasteiger partial charge < -0.3 is 9.64 Å². The number of carbonyl (C=O) groups is 1. The number of carbonyl (C=O) groups excluding carboxylic acids is 1. The van der Waals surface area contributed by atoms with Gasteiger partial charge in [0.05, 0.1) is 28.4 Å². The molecule has 5 nitrogen and oxygen atoms in total. The molecule has 2 aliphatic heterocycles. The Hall–Kier alpha value is -2.58. The van der Waals surface area contributed by atoms with E-state index < -0.39 is 11.7 Å². The fraction of sp³-hybridized carbons (Fsp3) is 0.391. The molecule has 4 rings (SSSR count). The van der Waals surface area contributed by atoms with E-state index in [4.69, 9.17) is 16.3 Å². The zero-order chi connectivity index (χ0) is 22.7. The van der Waals surface area contributed by atoms with Gasteiger partial charge in [0.1, 0.15) is 5.75 Å². The molecule has 0 atom stereocenters. The van der Waals surface area contributed by atoms with E-state index in [-0.39, 0.29) is 16.6 Å². The molecule has 0 aliphatic carbocycles. The zero-order valence-corrected chi connectivity index (χ0v) is 18.1. The molecule has 0 saturated carbocycles. The number of rotatable bonds is 7. The van der Waals surface area contributed by atoms with Gasteiger partial charge in [-0.3, -0.25) is 9.69 Å². The first-order chi connectivity index (χ1) is 15.3. The minimum absolute atomic E-state index is 0.152. The molecule has 0 spiro atoms. The Labute approximate surface area is 189 Å². The average Bonchev–Trinajstić information content (AvgIpc) is 3.13. The maximum Gasteiger partial charge on any atom is 0.419 e. The van der Waals surface area contributed by atoms with Crippen molar-refractivity contribution in [2.45, 2.75) is 19.0 Å². The fourth-order valence-electron chi connectivity index (χ4n) is 4.03. The van der Waals surface area contributed by atoms with Crippen molar-refractivity contribution in [3.63, 3.8) is 0 Å². The molecule has 0 radical (unpaired) electrons. The van der Waals surface area contributed by atoms with Crippen LogP contribution in [0.1, 0.15) is 34.3 Å². The number of fused-ring (bicyclic) bond motifs is 1. The summed E-state index contributed by atoms with van der Waals surface area (Å²) in [6, 6.07) is 9.64. The van der Waals surface area contributed by atoms with Crippen LogP contribution in [0.4, 0.5) is 18.9 Å². The van der Waals surface area contributed by atoms with Crippen molar-refractivity contribution in [2.24, 2.45) is 4.99 Å². The number of aliphatic imine (C=N–C) groups is 1. The summed E-state index contributed by atoms with van der Waals surface area (Å²) in [7, 11) is 0. The summed E-state index contributed by atoms with van der Waals surface area (Å²) in [6.45, 7) is 3.86. The first-order valence-electron chi connectivity index (χ1n) is 10.5. The molecule has 0 N–H and O–H groups in total. The van der Waals surface area contributed by atoms with Crippen LogP contribution in [-0.2, 0) is 6.18 Å². The van der Waals surface area contributed by atoms with E-state index >= 15 is 0 Å². The third kappa shape index (κ3) is 5.07. The Balaban J connectivity index is 1.20. The van der Waals surface area contributed by atoms with Gasteiger partial charge in [-0.2, -0.15) is 13.2 Å². The van der Waals surface area contributed by atoms with Crippen LogP contribution in [0.5, 0.6) is 5.75 Å². The van der Waals surface area contributed by atoms with Crippen molar-refractivity contribution < 1.29 is 22.7 Å². The summed E-state index contributed by atoms with van der Waals surface area (Å²) in [5.74, 6) is 0.483. The Morgan fingerprint density at radius 2 is 1.84 bits per heavy atom. The molecule has 0 bridgehead atoms. The first-order valence-corrected chi connectivity index (χ1v) is 10.9. The quantitative estimate of drug-likeness (QED) is 0.545. The highest BCUT2D eigenvalue weighted by Crippen LogP contribution is 2.41. The number of amides is 1. The number of nitrogens with zero attached hydrogens (tertiary/aromatic N) is 3. The molecule has 1 amide bonds. The zero-order valence-electron chi connectivity index (χ0n) is 17.4. The van der Waals surface area contributed by atoms with E-state index in [0.717, 1.165) is 24.9 Å². The Kier molecular flexibility index (Phi) is 6.71. The van der Waals surface area contributed by atoms with Crippen LogP contribution in [0, 0.1) is 0 Å². The van der Waals surface area contributed by atoms with Crippen LogP contribution in [0.3, 0.4) is 0 Å². The summed E-state index contributed by atoms with van der Waals surface area (Å²) in [4.78, 5) is 19.3. The van der Waals surface area contributed by atoms with Crippen LogP contribution in [0.15, 0.2) is 41.4 Å². The number of piperazine rings is 1. The number of halogens is 4. The van der Waals surface area contributed by atoms with Crippen LogP contribution in [0.2, 0.25) is 5.02 Å². The molecule has 2 aromatic carbocycles. The van der Waals surface area contributed by atoms with E-state index in [1.54, 1.807) is 29.3 Å². The summed E-state index contributed by atoms with van der Waals surface area (Å²) >= 11 is 5.85. The molecule has 1 fully saturated rings. The van der Waals surface area contributed by atoms with Crippen LogP contribution in [-0.4, -0.2) is 56.4 Å². The van der Waals surface area contributed by atoms with E-state index in [1.165, 1.54) is 12.1 Å². The number of unbranched alkanes of at least 4 members (excludes halogenated alkanes) is 1. The number of alkyl halides is 3. The number of benzene rings is 2. The molecule has 0 aromatic heterocycles. The molecule has 2 aliphatic rings. The van der Waals surface area contributed by atoms with Crippen LogP contribution in [0.25, 0.3) is 0 Å². The lowest BCUT2D eigenvalue weighted by molar-refractivity contribution is -0.137. The lowest BCUT2D eigenvalue weighted by Gasteiger charge is -2.37. The molecule has 32 heavy (non-hydrogen) atoms.